The van der Waals surface area contributed by atoms with Crippen LogP contribution < -0.4 is 14.9 Å². The van der Waals surface area contributed by atoms with Crippen LogP contribution in [-0.4, -0.2) is 22.1 Å². The Morgan fingerprint density at radius 1 is 1.30 bits per heavy atom. The van der Waals surface area contributed by atoms with Crippen LogP contribution in [0, 0.1) is 10.1 Å². The molecule has 2 aromatic carbocycles. The highest BCUT2D eigenvalue weighted by Gasteiger charge is 2.34. The summed E-state index contributed by atoms with van der Waals surface area (Å²) in [7, 11) is 0. The lowest BCUT2D eigenvalue weighted by atomic mass is 9.95. The van der Waals surface area contributed by atoms with E-state index >= 15 is 0 Å². The first-order valence-corrected chi connectivity index (χ1v) is 11.2. The monoisotopic (exact) mass is 483 g/mol. The number of benzene rings is 2. The third-order valence-electron chi connectivity index (χ3n) is 5.11. The Balaban J connectivity index is 1.99. The normalized spacial score (nSPS) is 15.7. The second kappa shape index (κ2) is 9.13. The van der Waals surface area contributed by atoms with Gasteiger partial charge in [-0.05, 0) is 37.1 Å². The van der Waals surface area contributed by atoms with Crippen molar-refractivity contribution in [1.29, 1.82) is 0 Å². The number of nitro benzene ring substituents is 1. The van der Waals surface area contributed by atoms with E-state index in [0.717, 1.165) is 11.3 Å². The van der Waals surface area contributed by atoms with E-state index in [4.69, 9.17) is 16.3 Å². The predicted molar refractivity (Wildman–Crippen MR) is 125 cm³/mol. The molecule has 0 saturated heterocycles. The molecule has 2 heterocycles. The number of thiazole rings is 1. The molecule has 1 aliphatic rings. The van der Waals surface area contributed by atoms with Crippen LogP contribution in [0.25, 0.3) is 6.08 Å². The van der Waals surface area contributed by atoms with Crippen LogP contribution in [0.1, 0.15) is 31.0 Å². The van der Waals surface area contributed by atoms with Crippen LogP contribution in [0.4, 0.5) is 5.69 Å². The second-order valence-corrected chi connectivity index (χ2v) is 8.59. The number of aromatic nitrogens is 1. The molecule has 0 spiro atoms. The molecule has 1 atom stereocenters. The van der Waals surface area contributed by atoms with Crippen molar-refractivity contribution in [1.82, 2.24) is 4.57 Å². The van der Waals surface area contributed by atoms with Gasteiger partial charge in [0, 0.05) is 17.2 Å². The van der Waals surface area contributed by atoms with Crippen molar-refractivity contribution in [2.75, 3.05) is 6.61 Å². The maximum absolute atomic E-state index is 13.5. The Kier molecular flexibility index (Phi) is 6.26. The highest BCUT2D eigenvalue weighted by molar-refractivity contribution is 7.07. The van der Waals surface area contributed by atoms with Gasteiger partial charge in [-0.15, -0.1) is 0 Å². The molecule has 0 N–H and O–H groups in total. The highest BCUT2D eigenvalue weighted by atomic mass is 35.5. The maximum atomic E-state index is 13.5. The molecule has 8 nitrogen and oxygen atoms in total. The van der Waals surface area contributed by atoms with E-state index in [1.165, 1.54) is 22.8 Å². The molecule has 3 aromatic rings. The molecule has 168 valence electrons. The summed E-state index contributed by atoms with van der Waals surface area (Å²) >= 11 is 7.41. The van der Waals surface area contributed by atoms with E-state index in [2.05, 4.69) is 4.99 Å². The summed E-state index contributed by atoms with van der Waals surface area (Å²) in [5, 5.41) is 11.9. The fraction of sp³-hybridized carbons (Fsp3) is 0.174. The minimum atomic E-state index is -0.923. The van der Waals surface area contributed by atoms with Crippen molar-refractivity contribution >= 4 is 40.7 Å². The number of carbonyl (C=O) groups excluding carboxylic acids is 1. The van der Waals surface area contributed by atoms with Crippen LogP contribution in [0.2, 0.25) is 5.02 Å². The lowest BCUT2D eigenvalue weighted by molar-refractivity contribution is -0.384. The smallest absolute Gasteiger partial charge is 0.338 e. The number of nitrogens with zero attached hydrogens (tertiary/aromatic N) is 3. The van der Waals surface area contributed by atoms with Crippen molar-refractivity contribution in [2.24, 2.45) is 4.99 Å². The summed E-state index contributed by atoms with van der Waals surface area (Å²) in [5.74, 6) is -0.629. The molecule has 1 unspecified atom stereocenters. The molecule has 0 aliphatic carbocycles. The van der Waals surface area contributed by atoms with Crippen LogP contribution in [0.5, 0.6) is 0 Å². The molecule has 0 amide bonds. The van der Waals surface area contributed by atoms with E-state index < -0.39 is 16.9 Å². The fourth-order valence-corrected chi connectivity index (χ4v) is 4.88. The number of carbonyl (C=O) groups is 1. The largest absolute Gasteiger partial charge is 0.463 e. The average molecular weight is 484 g/mol. The van der Waals surface area contributed by atoms with Crippen LogP contribution in [-0.2, 0) is 9.53 Å². The first kappa shape index (κ1) is 22.6. The van der Waals surface area contributed by atoms with Crippen molar-refractivity contribution in [2.45, 2.75) is 19.9 Å². The maximum Gasteiger partial charge on any atom is 0.338 e. The number of fused-ring (bicyclic) bond motifs is 1. The number of allylic oxidation sites excluding steroid dienone is 1. The van der Waals surface area contributed by atoms with Crippen molar-refractivity contribution in [3.63, 3.8) is 0 Å². The lowest BCUT2D eigenvalue weighted by Crippen LogP contribution is -2.40. The number of hydrogen-bond acceptors (Lipinski definition) is 7. The Morgan fingerprint density at radius 2 is 2.06 bits per heavy atom. The Bertz CT molecular complexity index is 1490. The summed E-state index contributed by atoms with van der Waals surface area (Å²) in [5.41, 5.74) is 1.09. The minimum absolute atomic E-state index is 0.133. The molecule has 1 aromatic heterocycles. The summed E-state index contributed by atoms with van der Waals surface area (Å²) in [6, 6.07) is 12.1. The van der Waals surface area contributed by atoms with Crippen molar-refractivity contribution in [3.05, 3.63) is 106 Å². The van der Waals surface area contributed by atoms with E-state index in [1.54, 1.807) is 44.2 Å². The molecular weight excluding hydrogens is 466 g/mol. The SMILES string of the molecule is CCOC(=O)C1=C(C)N=c2s/c(=C\c3ccccc3Cl)c(=O)n2C1c1cccc([N+](=O)[O-])c1. The Hall–Kier alpha value is -3.56. The van der Waals surface area contributed by atoms with Gasteiger partial charge < -0.3 is 4.74 Å². The summed E-state index contributed by atoms with van der Waals surface area (Å²) in [6.45, 7) is 3.46. The molecule has 0 bridgehead atoms. The quantitative estimate of drug-likeness (QED) is 0.314. The Morgan fingerprint density at radius 3 is 2.76 bits per heavy atom. The van der Waals surface area contributed by atoms with E-state index in [-0.39, 0.29) is 23.4 Å². The van der Waals surface area contributed by atoms with E-state index in [9.17, 15) is 19.7 Å². The third-order valence-corrected chi connectivity index (χ3v) is 6.43. The van der Waals surface area contributed by atoms with Gasteiger partial charge in [0.25, 0.3) is 11.2 Å². The molecule has 0 saturated carbocycles. The van der Waals surface area contributed by atoms with E-state index in [0.29, 0.717) is 31.2 Å². The van der Waals surface area contributed by atoms with Gasteiger partial charge in [-0.1, -0.05) is 53.3 Å². The predicted octanol–water partition coefficient (Wildman–Crippen LogP) is 3.36. The van der Waals surface area contributed by atoms with Gasteiger partial charge >= 0.3 is 5.97 Å². The zero-order valence-corrected chi connectivity index (χ0v) is 19.2. The first-order valence-electron chi connectivity index (χ1n) is 10.0. The molecule has 1 aliphatic heterocycles. The third kappa shape index (κ3) is 4.24. The van der Waals surface area contributed by atoms with Gasteiger partial charge in [0.15, 0.2) is 4.80 Å². The van der Waals surface area contributed by atoms with Crippen molar-refractivity contribution < 1.29 is 14.5 Å². The molecule has 10 heteroatoms. The summed E-state index contributed by atoms with van der Waals surface area (Å²) in [4.78, 5) is 42.1. The molecule has 33 heavy (non-hydrogen) atoms. The Labute approximate surface area is 196 Å². The van der Waals surface area contributed by atoms with Crippen LogP contribution >= 0.6 is 22.9 Å². The van der Waals surface area contributed by atoms with Gasteiger partial charge in [0.05, 0.1) is 33.4 Å². The standard InChI is InChI=1S/C23H18ClN3O5S/c1-3-32-22(29)19-13(2)25-23-26(20(19)15-8-6-9-16(11-15)27(30)31)21(28)18(33-23)12-14-7-4-5-10-17(14)24/h4-12,20H,3H2,1-2H3/b18-12-. The molecule has 0 fully saturated rings. The van der Waals surface area contributed by atoms with Gasteiger partial charge in [0.2, 0.25) is 0 Å². The van der Waals surface area contributed by atoms with Crippen LogP contribution in [0.15, 0.2) is 69.6 Å². The number of non-ortho nitro benzene ring substituents is 1. The van der Waals surface area contributed by atoms with Gasteiger partial charge in [-0.25, -0.2) is 9.79 Å². The number of ether oxygens (including phenoxy) is 1. The van der Waals surface area contributed by atoms with Gasteiger partial charge in [-0.2, -0.15) is 0 Å². The summed E-state index contributed by atoms with van der Waals surface area (Å²) < 4.78 is 6.98. The van der Waals surface area contributed by atoms with E-state index in [1.807, 2.05) is 6.07 Å². The zero-order chi connectivity index (χ0) is 23.7. The van der Waals surface area contributed by atoms with Crippen molar-refractivity contribution in [3.8, 4) is 0 Å². The average Bonchev–Trinajstić information content (AvgIpc) is 3.09. The number of esters is 1. The number of hydrogen-bond donors (Lipinski definition) is 0. The van der Waals surface area contributed by atoms with Crippen LogP contribution in [0.3, 0.4) is 0 Å². The van der Waals surface area contributed by atoms with Gasteiger partial charge in [-0.3, -0.25) is 19.5 Å². The number of rotatable bonds is 5. The number of nitro groups is 1. The summed E-state index contributed by atoms with van der Waals surface area (Å²) in [6.07, 6.45) is 1.67. The zero-order valence-electron chi connectivity index (χ0n) is 17.6. The highest BCUT2D eigenvalue weighted by Crippen LogP contribution is 2.32. The molecule has 0 radical (unpaired) electrons. The topological polar surface area (TPSA) is 104 Å². The lowest BCUT2D eigenvalue weighted by Gasteiger charge is -2.24. The number of halogens is 1. The first-order chi connectivity index (χ1) is 15.8. The molecule has 4 rings (SSSR count). The van der Waals surface area contributed by atoms with Gasteiger partial charge in [0.1, 0.15) is 0 Å². The molecular formula is C23H18ClN3O5S. The minimum Gasteiger partial charge on any atom is -0.463 e. The fourth-order valence-electron chi connectivity index (χ4n) is 3.65. The second-order valence-electron chi connectivity index (χ2n) is 7.18.